The lowest BCUT2D eigenvalue weighted by atomic mass is 9.12. The summed E-state index contributed by atoms with van der Waals surface area (Å²) in [4.78, 5) is 12.6. The highest BCUT2D eigenvalue weighted by Gasteiger charge is 2.52. The Kier molecular flexibility index (Phi) is 16.6. The molecule has 0 aliphatic carbocycles. The minimum absolute atomic E-state index is 0.0651. The number of rotatable bonds is 12. The Morgan fingerprint density at radius 1 is 0.433 bits per heavy atom. The highest BCUT2D eigenvalue weighted by atomic mass is 32.2. The molecule has 0 amide bonds. The van der Waals surface area contributed by atoms with Crippen LogP contribution in [0, 0.1) is 139 Å². The number of nitrogens with zero attached hydrogens (tertiary/aromatic N) is 2. The van der Waals surface area contributed by atoms with Crippen molar-refractivity contribution in [1.82, 2.24) is 0 Å². The second kappa shape index (κ2) is 20.9. The van der Waals surface area contributed by atoms with Crippen LogP contribution in [0.1, 0.15) is 10.4 Å². The number of carbonyl (C=O) groups excluding carboxylic acids is 1. The standard InChI is InChI=1S/C24BF20.C16H17N2O3S/c26-5-1(6(27)14(35)21(42)13(5)34)25(2-7(28)15(36)22(43)16(37)8(2)29,3-9(30)17(38)23(44)18(39)10(3)31)4-11(32)19(40)24(45)20(41)12(4)33;17-10-14(11-18)15(12-22(8-6-19)9-7-20)16(21)13-4-2-1-3-5-13/h;1-5,19-20H,6-9,12H2/q-1;+1. The zero-order valence-electron chi connectivity index (χ0n) is 32.2. The molecule has 0 saturated carbocycles. The van der Waals surface area contributed by atoms with E-state index in [4.69, 9.17) is 20.7 Å². The van der Waals surface area contributed by atoms with Gasteiger partial charge in [-0.3, -0.25) is 4.79 Å². The van der Waals surface area contributed by atoms with Crippen LogP contribution < -0.4 is 21.9 Å². The first-order valence-electron chi connectivity index (χ1n) is 17.6. The number of benzene rings is 5. The quantitative estimate of drug-likeness (QED) is 0.0213. The molecule has 0 aromatic heterocycles. The fraction of sp³-hybridized carbons (Fsp3) is 0.125. The van der Waals surface area contributed by atoms with E-state index in [1.807, 2.05) is 0 Å². The van der Waals surface area contributed by atoms with Gasteiger partial charge in [-0.2, -0.15) is 10.5 Å². The van der Waals surface area contributed by atoms with Crippen LogP contribution in [-0.4, -0.2) is 52.6 Å². The van der Waals surface area contributed by atoms with Crippen LogP contribution in [0.3, 0.4) is 0 Å². The number of aliphatic hydroxyl groups excluding tert-OH is 2. The number of hydrogen-bond acceptors (Lipinski definition) is 5. The van der Waals surface area contributed by atoms with Crippen LogP contribution >= 0.6 is 0 Å². The second-order valence-electron chi connectivity index (χ2n) is 13.2. The largest absolute Gasteiger partial charge is 0.391 e. The molecule has 5 aromatic carbocycles. The molecule has 0 heterocycles. The van der Waals surface area contributed by atoms with Crippen molar-refractivity contribution in [2.45, 2.75) is 0 Å². The van der Waals surface area contributed by atoms with Crippen molar-refractivity contribution in [2.75, 3.05) is 30.5 Å². The first-order chi connectivity index (χ1) is 31.4. The summed E-state index contributed by atoms with van der Waals surface area (Å²) in [5.41, 5.74) is -14.0. The summed E-state index contributed by atoms with van der Waals surface area (Å²) in [6.07, 6.45) is -7.22. The molecule has 0 bridgehead atoms. The Morgan fingerprint density at radius 2 is 0.672 bits per heavy atom. The number of ketones is 1. The van der Waals surface area contributed by atoms with Crippen molar-refractivity contribution in [1.29, 1.82) is 10.5 Å². The molecule has 0 fully saturated rings. The SMILES string of the molecule is Fc1c(F)c(F)c([B-](c2c(F)c(F)c(F)c(F)c2F)(c2c(F)c(F)c(F)c(F)c2F)c2c(F)c(F)c(F)c(F)c2F)c(F)c1F.N#CC(C#N)=C(C[S+](CCO)CCO)C(=O)c1ccccc1. The molecule has 0 saturated heterocycles. The maximum atomic E-state index is 15.4. The van der Waals surface area contributed by atoms with Crippen molar-refractivity contribution < 1.29 is 103 Å². The maximum absolute atomic E-state index is 15.4. The van der Waals surface area contributed by atoms with E-state index in [1.54, 1.807) is 42.5 Å². The van der Waals surface area contributed by atoms with Gasteiger partial charge in [0.2, 0.25) is 0 Å². The van der Waals surface area contributed by atoms with Gasteiger partial charge in [0.25, 0.3) is 0 Å². The van der Waals surface area contributed by atoms with Gasteiger partial charge in [-0.15, -0.1) is 21.9 Å². The van der Waals surface area contributed by atoms with Gasteiger partial charge in [0.1, 0.15) is 87.7 Å². The average Bonchev–Trinajstić information content (AvgIpc) is 3.31. The van der Waals surface area contributed by atoms with Crippen LogP contribution in [0.5, 0.6) is 0 Å². The van der Waals surface area contributed by atoms with Gasteiger partial charge < -0.3 is 10.2 Å². The number of nitriles is 2. The molecule has 354 valence electrons. The zero-order valence-corrected chi connectivity index (χ0v) is 33.0. The van der Waals surface area contributed by atoms with Crippen molar-refractivity contribution in [3.8, 4) is 12.1 Å². The van der Waals surface area contributed by atoms with E-state index >= 15 is 35.1 Å². The van der Waals surface area contributed by atoms with Crippen LogP contribution in [0.25, 0.3) is 0 Å². The van der Waals surface area contributed by atoms with Gasteiger partial charge in [0.15, 0.2) is 75.6 Å². The van der Waals surface area contributed by atoms with Crippen LogP contribution in [-0.2, 0) is 10.9 Å². The van der Waals surface area contributed by atoms with Gasteiger partial charge in [-0.05, 0) is 10.9 Å². The number of Topliss-reactive ketones (excluding diaryl/α,β-unsaturated/α-hetero) is 1. The van der Waals surface area contributed by atoms with Crippen LogP contribution in [0.4, 0.5) is 87.8 Å². The minimum Gasteiger partial charge on any atom is -0.391 e. The first kappa shape index (κ1) is 53.0. The summed E-state index contributed by atoms with van der Waals surface area (Å²) >= 11 is 0. The average molecular weight is 996 g/mol. The third kappa shape index (κ3) is 9.02. The van der Waals surface area contributed by atoms with Gasteiger partial charge >= 0.3 is 0 Å². The molecule has 2 N–H and O–H groups in total. The van der Waals surface area contributed by atoms with Gasteiger partial charge in [0, 0.05) is 5.56 Å². The molecule has 0 aliphatic heterocycles. The van der Waals surface area contributed by atoms with E-state index in [9.17, 15) is 57.5 Å². The number of aliphatic hydroxyl groups is 2. The molecule has 67 heavy (non-hydrogen) atoms. The topological polar surface area (TPSA) is 105 Å². The summed E-state index contributed by atoms with van der Waals surface area (Å²) in [5, 5.41) is 36.3. The third-order valence-electron chi connectivity index (χ3n) is 9.65. The summed E-state index contributed by atoms with van der Waals surface area (Å²) in [6.45, 7) is -0.130. The molecule has 0 unspecified atom stereocenters. The number of allylic oxidation sites excluding steroid dienone is 1. The summed E-state index contributed by atoms with van der Waals surface area (Å²) < 4.78 is 294. The normalized spacial score (nSPS) is 11.3. The lowest BCUT2D eigenvalue weighted by Crippen LogP contribution is -2.81. The maximum Gasteiger partial charge on any atom is 0.200 e. The van der Waals surface area contributed by atoms with E-state index in [0.29, 0.717) is 17.1 Å². The van der Waals surface area contributed by atoms with E-state index < -0.39 is 155 Å². The van der Waals surface area contributed by atoms with Crippen molar-refractivity contribution in [2.24, 2.45) is 0 Å². The molecule has 0 radical (unpaired) electrons. The van der Waals surface area contributed by atoms with E-state index in [1.165, 1.54) is 0 Å². The molecule has 0 atom stereocenters. The summed E-state index contributed by atoms with van der Waals surface area (Å²) in [5.74, 6) is -70.7. The molecular formula is C40H17BF20N2O3S. The fourth-order valence-electron chi connectivity index (χ4n) is 6.76. The molecule has 0 spiro atoms. The van der Waals surface area contributed by atoms with Crippen molar-refractivity contribution >= 4 is 44.7 Å². The minimum atomic E-state index is -7.22. The molecule has 5 nitrogen and oxygen atoms in total. The van der Waals surface area contributed by atoms with E-state index in [0.717, 1.165) is 0 Å². The number of carbonyl (C=O) groups is 1. The molecule has 5 rings (SSSR count). The molecule has 27 heteroatoms. The fourth-order valence-corrected chi connectivity index (χ4v) is 8.45. The number of hydrogen-bond donors (Lipinski definition) is 2. The smallest absolute Gasteiger partial charge is 0.200 e. The lowest BCUT2D eigenvalue weighted by molar-refractivity contribution is 0.103. The molecule has 5 aromatic rings. The Morgan fingerprint density at radius 3 is 0.896 bits per heavy atom. The Labute approximate surface area is 363 Å². The van der Waals surface area contributed by atoms with Crippen molar-refractivity contribution in [3.05, 3.63) is 163 Å². The van der Waals surface area contributed by atoms with Crippen molar-refractivity contribution in [3.63, 3.8) is 0 Å². The van der Waals surface area contributed by atoms with Crippen LogP contribution in [0.15, 0.2) is 41.5 Å². The first-order valence-corrected chi connectivity index (χ1v) is 19.3. The van der Waals surface area contributed by atoms with E-state index in [-0.39, 0.29) is 35.9 Å². The summed E-state index contributed by atoms with van der Waals surface area (Å²) in [7, 11) is -0.454. The highest BCUT2D eigenvalue weighted by molar-refractivity contribution is 7.97. The predicted molar refractivity (Wildman–Crippen MR) is 194 cm³/mol. The second-order valence-corrected chi connectivity index (χ2v) is 15.5. The van der Waals surface area contributed by atoms with Crippen LogP contribution in [0.2, 0.25) is 0 Å². The monoisotopic (exact) mass is 996 g/mol. The predicted octanol–water partition coefficient (Wildman–Crippen LogP) is 6.66. The Hall–Kier alpha value is -6.58. The van der Waals surface area contributed by atoms with E-state index in [2.05, 4.69) is 0 Å². The lowest BCUT2D eigenvalue weighted by Gasteiger charge is -2.44. The Bertz CT molecular complexity index is 2520. The summed E-state index contributed by atoms with van der Waals surface area (Å²) in [6, 6.07) is 12.0. The zero-order chi connectivity index (χ0) is 50.7. The van der Waals surface area contributed by atoms with Gasteiger partial charge in [0.05, 0.1) is 18.8 Å². The van der Waals surface area contributed by atoms with Gasteiger partial charge in [-0.1, -0.05) is 30.3 Å². The Balaban J connectivity index is 0.000000374. The number of halogens is 20. The van der Waals surface area contributed by atoms with Gasteiger partial charge in [-0.25, -0.2) is 87.8 Å². The third-order valence-corrected chi connectivity index (χ3v) is 11.9. The molecular weight excluding hydrogens is 979 g/mol. The molecule has 0 aliphatic rings. The highest BCUT2D eigenvalue weighted by Crippen LogP contribution is 2.31.